The van der Waals surface area contributed by atoms with Gasteiger partial charge in [-0.05, 0) is 43.4 Å². The van der Waals surface area contributed by atoms with Crippen molar-refractivity contribution in [2.45, 2.75) is 44.8 Å². The molecule has 2 aliphatic heterocycles. The number of aryl methyl sites for hydroxylation is 1. The quantitative estimate of drug-likeness (QED) is 0.903. The predicted octanol–water partition coefficient (Wildman–Crippen LogP) is 3.08. The number of nitrogens with one attached hydrogen (secondary N) is 1. The summed E-state index contributed by atoms with van der Waals surface area (Å²) in [5.74, 6) is 0. The third-order valence-corrected chi connectivity index (χ3v) is 5.10. The number of fused-ring (bicyclic) bond motifs is 2. The summed E-state index contributed by atoms with van der Waals surface area (Å²) in [4.78, 5) is 2.61. The molecule has 0 amide bonds. The van der Waals surface area contributed by atoms with Gasteiger partial charge in [-0.3, -0.25) is 4.90 Å². The zero-order valence-corrected chi connectivity index (χ0v) is 12.5. The number of benzene rings is 1. The molecule has 0 aromatic heterocycles. The van der Waals surface area contributed by atoms with Crippen molar-refractivity contribution in [1.82, 2.24) is 10.2 Å². The van der Waals surface area contributed by atoms with Crippen LogP contribution >= 0.6 is 15.9 Å². The fraction of sp³-hybridized carbons (Fsp3) is 0.600. The van der Waals surface area contributed by atoms with Gasteiger partial charge in [0.05, 0.1) is 0 Å². The largest absolute Gasteiger partial charge is 0.310 e. The highest BCUT2D eigenvalue weighted by Gasteiger charge is 2.28. The molecule has 1 aromatic rings. The fourth-order valence-electron chi connectivity index (χ4n) is 3.15. The Bertz CT molecular complexity index is 433. The topological polar surface area (TPSA) is 15.3 Å². The molecule has 1 N–H and O–H groups in total. The van der Waals surface area contributed by atoms with E-state index in [4.69, 9.17) is 0 Å². The van der Waals surface area contributed by atoms with E-state index in [2.05, 4.69) is 51.3 Å². The summed E-state index contributed by atoms with van der Waals surface area (Å²) in [6.45, 7) is 5.67. The van der Waals surface area contributed by atoms with Crippen LogP contribution in [0.4, 0.5) is 0 Å². The number of halogens is 1. The fourth-order valence-corrected chi connectivity index (χ4v) is 3.58. The van der Waals surface area contributed by atoms with Crippen molar-refractivity contribution in [3.8, 4) is 0 Å². The van der Waals surface area contributed by atoms with Gasteiger partial charge in [0.2, 0.25) is 0 Å². The van der Waals surface area contributed by atoms with Crippen molar-refractivity contribution < 1.29 is 0 Å². The molecule has 18 heavy (non-hydrogen) atoms. The number of nitrogens with zero attached hydrogens (tertiary/aromatic N) is 1. The lowest BCUT2D eigenvalue weighted by Gasteiger charge is -2.24. The van der Waals surface area contributed by atoms with E-state index in [0.717, 1.165) is 18.6 Å². The van der Waals surface area contributed by atoms with Crippen molar-refractivity contribution >= 4 is 15.9 Å². The monoisotopic (exact) mass is 308 g/mol. The Kier molecular flexibility index (Phi) is 3.73. The van der Waals surface area contributed by atoms with Crippen LogP contribution in [0.1, 0.15) is 30.4 Å². The lowest BCUT2D eigenvalue weighted by Crippen LogP contribution is -2.34. The molecule has 2 heterocycles. The van der Waals surface area contributed by atoms with Crippen LogP contribution in [0.2, 0.25) is 0 Å². The second-order valence-electron chi connectivity index (χ2n) is 5.75. The molecule has 98 valence electrons. The molecule has 2 fully saturated rings. The smallest absolute Gasteiger partial charge is 0.0234 e. The maximum atomic E-state index is 3.74. The van der Waals surface area contributed by atoms with Crippen LogP contribution in [0.5, 0.6) is 0 Å². The molecule has 2 saturated heterocycles. The van der Waals surface area contributed by atoms with Crippen LogP contribution in [0.15, 0.2) is 22.7 Å². The number of hydrogen-bond acceptors (Lipinski definition) is 2. The minimum Gasteiger partial charge on any atom is -0.310 e. The third-order valence-electron chi connectivity index (χ3n) is 4.25. The number of likely N-dealkylation sites (tertiary alicyclic amines) is 1. The number of hydrogen-bond donors (Lipinski definition) is 1. The molecule has 2 nitrogen and oxygen atoms in total. The van der Waals surface area contributed by atoms with Crippen LogP contribution in [-0.4, -0.2) is 30.1 Å². The molecule has 3 rings (SSSR count). The van der Waals surface area contributed by atoms with Crippen LogP contribution in [-0.2, 0) is 6.54 Å². The molecule has 0 spiro atoms. The molecule has 0 aliphatic carbocycles. The van der Waals surface area contributed by atoms with E-state index in [-0.39, 0.29) is 0 Å². The second kappa shape index (κ2) is 5.32. The molecule has 2 unspecified atom stereocenters. The van der Waals surface area contributed by atoms with E-state index in [1.165, 1.54) is 48.0 Å². The van der Waals surface area contributed by atoms with Crippen LogP contribution in [0.25, 0.3) is 0 Å². The maximum absolute atomic E-state index is 3.74. The van der Waals surface area contributed by atoms with Gasteiger partial charge >= 0.3 is 0 Å². The zero-order valence-electron chi connectivity index (χ0n) is 11.0. The maximum Gasteiger partial charge on any atom is 0.0234 e. The Morgan fingerprint density at radius 2 is 2.11 bits per heavy atom. The van der Waals surface area contributed by atoms with Crippen molar-refractivity contribution in [2.24, 2.45) is 0 Å². The van der Waals surface area contributed by atoms with E-state index in [9.17, 15) is 0 Å². The van der Waals surface area contributed by atoms with Gasteiger partial charge in [-0.2, -0.15) is 0 Å². The Morgan fingerprint density at radius 3 is 2.94 bits per heavy atom. The van der Waals surface area contributed by atoms with E-state index >= 15 is 0 Å². The van der Waals surface area contributed by atoms with Crippen LogP contribution in [0, 0.1) is 6.92 Å². The summed E-state index contributed by atoms with van der Waals surface area (Å²) in [6.07, 6.45) is 4.05. The molecule has 3 heteroatoms. The summed E-state index contributed by atoms with van der Waals surface area (Å²) in [5, 5.41) is 3.74. The predicted molar refractivity (Wildman–Crippen MR) is 78.7 cm³/mol. The SMILES string of the molecule is Cc1ccc(CN2CCC3CCC(C2)N3)cc1Br. The first-order valence-corrected chi connectivity index (χ1v) is 7.73. The van der Waals surface area contributed by atoms with Crippen molar-refractivity contribution in [1.29, 1.82) is 0 Å². The minimum absolute atomic E-state index is 0.728. The standard InChI is InChI=1S/C15H21BrN2/c1-11-2-3-12(8-15(11)16)9-18-7-6-13-4-5-14(10-18)17-13/h2-3,8,13-14,17H,4-7,9-10H2,1H3. The van der Waals surface area contributed by atoms with Gasteiger partial charge in [0.25, 0.3) is 0 Å². The van der Waals surface area contributed by atoms with E-state index in [0.29, 0.717) is 0 Å². The first kappa shape index (κ1) is 12.6. The average molecular weight is 309 g/mol. The average Bonchev–Trinajstić information content (AvgIpc) is 2.68. The van der Waals surface area contributed by atoms with Crippen LogP contribution in [0.3, 0.4) is 0 Å². The third kappa shape index (κ3) is 2.79. The van der Waals surface area contributed by atoms with Gasteiger partial charge in [-0.1, -0.05) is 28.1 Å². The molecule has 1 aromatic carbocycles. The Labute approximate surface area is 118 Å². The van der Waals surface area contributed by atoms with E-state index in [1.807, 2.05) is 0 Å². The first-order chi connectivity index (χ1) is 8.70. The molecular formula is C15H21BrN2. The molecule has 2 atom stereocenters. The molecule has 0 saturated carbocycles. The van der Waals surface area contributed by atoms with Gasteiger partial charge in [0, 0.05) is 36.2 Å². The van der Waals surface area contributed by atoms with Gasteiger partial charge in [0.15, 0.2) is 0 Å². The van der Waals surface area contributed by atoms with Crippen molar-refractivity contribution in [3.05, 3.63) is 33.8 Å². The minimum atomic E-state index is 0.728. The van der Waals surface area contributed by atoms with Gasteiger partial charge in [-0.15, -0.1) is 0 Å². The Hall–Kier alpha value is -0.380. The summed E-state index contributed by atoms with van der Waals surface area (Å²) in [6, 6.07) is 8.25. The van der Waals surface area contributed by atoms with E-state index < -0.39 is 0 Å². The lowest BCUT2D eigenvalue weighted by molar-refractivity contribution is 0.251. The highest BCUT2D eigenvalue weighted by atomic mass is 79.9. The van der Waals surface area contributed by atoms with Crippen LogP contribution < -0.4 is 5.32 Å². The summed E-state index contributed by atoms with van der Waals surface area (Å²) >= 11 is 3.63. The molecule has 2 aliphatic rings. The van der Waals surface area contributed by atoms with Gasteiger partial charge in [-0.25, -0.2) is 0 Å². The molecule has 0 radical (unpaired) electrons. The highest BCUT2D eigenvalue weighted by Crippen LogP contribution is 2.23. The summed E-state index contributed by atoms with van der Waals surface area (Å²) in [5.41, 5.74) is 2.74. The van der Waals surface area contributed by atoms with Gasteiger partial charge in [0.1, 0.15) is 0 Å². The number of rotatable bonds is 2. The summed E-state index contributed by atoms with van der Waals surface area (Å²) in [7, 11) is 0. The van der Waals surface area contributed by atoms with E-state index in [1.54, 1.807) is 0 Å². The lowest BCUT2D eigenvalue weighted by atomic mass is 10.1. The second-order valence-corrected chi connectivity index (χ2v) is 6.60. The van der Waals surface area contributed by atoms with Gasteiger partial charge < -0.3 is 5.32 Å². The molecular weight excluding hydrogens is 288 g/mol. The Morgan fingerprint density at radius 1 is 1.28 bits per heavy atom. The summed E-state index contributed by atoms with van der Waals surface area (Å²) < 4.78 is 1.23. The zero-order chi connectivity index (χ0) is 12.5. The first-order valence-electron chi connectivity index (χ1n) is 6.94. The van der Waals surface area contributed by atoms with Crippen molar-refractivity contribution in [2.75, 3.05) is 13.1 Å². The highest BCUT2D eigenvalue weighted by molar-refractivity contribution is 9.10. The molecule has 2 bridgehead atoms. The normalized spacial score (nSPS) is 28.3. The Balaban J connectivity index is 1.66. The van der Waals surface area contributed by atoms with Crippen molar-refractivity contribution in [3.63, 3.8) is 0 Å².